The summed E-state index contributed by atoms with van der Waals surface area (Å²) in [5.41, 5.74) is 7.10. The zero-order chi connectivity index (χ0) is 12.0. The van der Waals surface area contributed by atoms with Gasteiger partial charge in [-0.3, -0.25) is 4.79 Å². The fraction of sp³-hybridized carbons (Fsp3) is 0.333. The van der Waals surface area contributed by atoms with E-state index in [2.05, 4.69) is 5.16 Å². The van der Waals surface area contributed by atoms with Crippen LogP contribution >= 0.6 is 0 Å². The third-order valence-corrected chi connectivity index (χ3v) is 2.08. The Hall–Kier alpha value is -1.84. The first-order valence-electron chi connectivity index (χ1n) is 5.22. The Bertz CT molecular complexity index is 400. The number of primary amides is 1. The number of rotatable bonds is 5. The monoisotopic (exact) mass is 220 g/mol. The molecule has 2 N–H and O–H groups in total. The molecule has 0 saturated heterocycles. The second-order valence-corrected chi connectivity index (χ2v) is 3.45. The molecule has 0 heterocycles. The van der Waals surface area contributed by atoms with Crippen molar-refractivity contribution in [2.24, 2.45) is 10.9 Å². The zero-order valence-corrected chi connectivity index (χ0v) is 9.56. The van der Waals surface area contributed by atoms with E-state index in [1.165, 1.54) is 0 Å². The molecule has 1 aromatic rings. The average Bonchev–Trinajstić information content (AvgIpc) is 2.25. The third-order valence-electron chi connectivity index (χ3n) is 2.08. The van der Waals surface area contributed by atoms with E-state index < -0.39 is 5.91 Å². The number of oxime groups is 1. The minimum atomic E-state index is -0.578. The molecule has 0 bridgehead atoms. The first-order chi connectivity index (χ1) is 7.66. The molecule has 16 heavy (non-hydrogen) atoms. The quantitative estimate of drug-likeness (QED) is 0.465. The molecule has 0 fully saturated rings. The van der Waals surface area contributed by atoms with Crippen LogP contribution < -0.4 is 5.73 Å². The van der Waals surface area contributed by atoms with Gasteiger partial charge < -0.3 is 10.6 Å². The number of hydrogen-bond acceptors (Lipinski definition) is 3. The van der Waals surface area contributed by atoms with Crippen molar-refractivity contribution in [3.05, 3.63) is 35.4 Å². The Morgan fingerprint density at radius 1 is 1.44 bits per heavy atom. The van der Waals surface area contributed by atoms with Crippen molar-refractivity contribution >= 4 is 11.6 Å². The molecule has 1 amide bonds. The summed E-state index contributed by atoms with van der Waals surface area (Å²) in [7, 11) is 0. The lowest BCUT2D eigenvalue weighted by Crippen LogP contribution is -2.25. The van der Waals surface area contributed by atoms with E-state index in [1.54, 1.807) is 6.07 Å². The summed E-state index contributed by atoms with van der Waals surface area (Å²) in [5, 5.41) is 3.79. The summed E-state index contributed by atoms with van der Waals surface area (Å²) >= 11 is 0. The minimum Gasteiger partial charge on any atom is -0.395 e. The predicted molar refractivity (Wildman–Crippen MR) is 63.2 cm³/mol. The predicted octanol–water partition coefficient (Wildman–Crippen LogP) is 1.61. The first-order valence-corrected chi connectivity index (χ1v) is 5.22. The van der Waals surface area contributed by atoms with Crippen molar-refractivity contribution in [3.63, 3.8) is 0 Å². The lowest BCUT2D eigenvalue weighted by molar-refractivity contribution is -0.112. The SMILES string of the molecule is CCCO/N=C(\C(N)=O)c1ccccc1C. The highest BCUT2D eigenvalue weighted by Gasteiger charge is 2.13. The minimum absolute atomic E-state index is 0.173. The lowest BCUT2D eigenvalue weighted by Gasteiger charge is -2.05. The van der Waals surface area contributed by atoms with Crippen LogP contribution in [-0.2, 0) is 9.63 Å². The Balaban J connectivity index is 2.99. The van der Waals surface area contributed by atoms with E-state index in [1.807, 2.05) is 32.0 Å². The van der Waals surface area contributed by atoms with Crippen LogP contribution in [0, 0.1) is 6.92 Å². The van der Waals surface area contributed by atoms with Crippen LogP contribution in [0.15, 0.2) is 29.4 Å². The van der Waals surface area contributed by atoms with E-state index in [4.69, 9.17) is 10.6 Å². The van der Waals surface area contributed by atoms with Gasteiger partial charge in [-0.25, -0.2) is 0 Å². The van der Waals surface area contributed by atoms with Crippen molar-refractivity contribution in [1.82, 2.24) is 0 Å². The van der Waals surface area contributed by atoms with Crippen molar-refractivity contribution < 1.29 is 9.63 Å². The van der Waals surface area contributed by atoms with Crippen LogP contribution in [0.2, 0.25) is 0 Å². The maximum atomic E-state index is 11.3. The summed E-state index contributed by atoms with van der Waals surface area (Å²) in [5.74, 6) is -0.578. The Morgan fingerprint density at radius 3 is 2.69 bits per heavy atom. The van der Waals surface area contributed by atoms with E-state index in [0.717, 1.165) is 12.0 Å². The molecule has 4 nitrogen and oxygen atoms in total. The fourth-order valence-corrected chi connectivity index (χ4v) is 1.27. The first kappa shape index (κ1) is 12.2. The van der Waals surface area contributed by atoms with Gasteiger partial charge in [-0.15, -0.1) is 0 Å². The number of nitrogens with two attached hydrogens (primary N) is 1. The molecule has 0 aliphatic rings. The summed E-state index contributed by atoms with van der Waals surface area (Å²) in [6, 6.07) is 7.42. The van der Waals surface area contributed by atoms with E-state index in [0.29, 0.717) is 12.2 Å². The summed E-state index contributed by atoms with van der Waals surface area (Å²) in [4.78, 5) is 16.3. The maximum Gasteiger partial charge on any atom is 0.271 e. The topological polar surface area (TPSA) is 64.7 Å². The zero-order valence-electron chi connectivity index (χ0n) is 9.56. The smallest absolute Gasteiger partial charge is 0.271 e. The number of carbonyl (C=O) groups excluding carboxylic acids is 1. The molecule has 1 rings (SSSR count). The van der Waals surface area contributed by atoms with Crippen LogP contribution in [0.3, 0.4) is 0 Å². The van der Waals surface area contributed by atoms with Gasteiger partial charge in [-0.1, -0.05) is 36.3 Å². The normalized spacial score (nSPS) is 11.2. The van der Waals surface area contributed by atoms with Crippen molar-refractivity contribution in [3.8, 4) is 0 Å². The number of hydrogen-bond donors (Lipinski definition) is 1. The molecule has 0 aliphatic carbocycles. The highest BCUT2D eigenvalue weighted by molar-refractivity contribution is 6.45. The molecule has 0 unspecified atom stereocenters. The van der Waals surface area contributed by atoms with Gasteiger partial charge in [0.2, 0.25) is 0 Å². The van der Waals surface area contributed by atoms with E-state index in [9.17, 15) is 4.79 Å². The Labute approximate surface area is 95.1 Å². The summed E-state index contributed by atoms with van der Waals surface area (Å²) in [6.07, 6.45) is 0.837. The molecule has 0 aromatic heterocycles. The van der Waals surface area contributed by atoms with E-state index >= 15 is 0 Å². The Kier molecular flexibility index (Phi) is 4.51. The van der Waals surface area contributed by atoms with E-state index in [-0.39, 0.29) is 5.71 Å². The second kappa shape index (κ2) is 5.90. The lowest BCUT2D eigenvalue weighted by atomic mass is 10.0. The average molecular weight is 220 g/mol. The summed E-state index contributed by atoms with van der Waals surface area (Å²) in [6.45, 7) is 4.34. The van der Waals surface area contributed by atoms with Crippen LogP contribution in [-0.4, -0.2) is 18.2 Å². The van der Waals surface area contributed by atoms with Gasteiger partial charge in [0.05, 0.1) is 0 Å². The molecular formula is C12H16N2O2. The summed E-state index contributed by atoms with van der Waals surface area (Å²) < 4.78 is 0. The maximum absolute atomic E-state index is 11.3. The molecule has 0 saturated carbocycles. The Morgan fingerprint density at radius 2 is 2.12 bits per heavy atom. The highest BCUT2D eigenvalue weighted by atomic mass is 16.6. The van der Waals surface area contributed by atoms with Crippen LogP contribution in [0.5, 0.6) is 0 Å². The number of benzene rings is 1. The fourth-order valence-electron chi connectivity index (χ4n) is 1.27. The molecular weight excluding hydrogens is 204 g/mol. The number of amides is 1. The number of aryl methyl sites for hydroxylation is 1. The van der Waals surface area contributed by atoms with Gasteiger partial charge in [-0.2, -0.15) is 0 Å². The van der Waals surface area contributed by atoms with Gasteiger partial charge in [0.25, 0.3) is 5.91 Å². The standard InChI is InChI=1S/C12H16N2O2/c1-3-8-16-14-11(12(13)15)10-7-5-4-6-9(10)2/h4-7H,3,8H2,1-2H3,(H2,13,15)/b14-11-. The second-order valence-electron chi connectivity index (χ2n) is 3.45. The molecule has 0 atom stereocenters. The largest absolute Gasteiger partial charge is 0.395 e. The number of carbonyl (C=O) groups is 1. The third kappa shape index (κ3) is 3.08. The molecule has 0 spiro atoms. The number of nitrogens with zero attached hydrogens (tertiary/aromatic N) is 1. The van der Waals surface area contributed by atoms with Gasteiger partial charge in [0.15, 0.2) is 5.71 Å². The van der Waals surface area contributed by atoms with Crippen molar-refractivity contribution in [2.75, 3.05) is 6.61 Å². The molecule has 0 radical (unpaired) electrons. The molecule has 1 aromatic carbocycles. The van der Waals surface area contributed by atoms with Gasteiger partial charge >= 0.3 is 0 Å². The van der Waals surface area contributed by atoms with Crippen LogP contribution in [0.1, 0.15) is 24.5 Å². The van der Waals surface area contributed by atoms with Gasteiger partial charge in [0, 0.05) is 5.56 Å². The highest BCUT2D eigenvalue weighted by Crippen LogP contribution is 2.08. The van der Waals surface area contributed by atoms with Crippen molar-refractivity contribution in [1.29, 1.82) is 0 Å². The van der Waals surface area contributed by atoms with Crippen LogP contribution in [0.4, 0.5) is 0 Å². The molecule has 86 valence electrons. The van der Waals surface area contributed by atoms with Gasteiger partial charge in [0.1, 0.15) is 6.61 Å². The molecule has 4 heteroatoms. The van der Waals surface area contributed by atoms with Crippen LogP contribution in [0.25, 0.3) is 0 Å². The van der Waals surface area contributed by atoms with Gasteiger partial charge in [-0.05, 0) is 18.9 Å². The molecule has 0 aliphatic heterocycles. The van der Waals surface area contributed by atoms with Crippen molar-refractivity contribution in [2.45, 2.75) is 20.3 Å².